The Morgan fingerprint density at radius 1 is 0.784 bits per heavy atom. The average Bonchev–Trinajstić information content (AvgIpc) is 3.40. The highest BCUT2D eigenvalue weighted by atomic mass is 16.1. The summed E-state index contributed by atoms with van der Waals surface area (Å²) in [6, 6.07) is 28.5. The van der Waals surface area contributed by atoms with Crippen molar-refractivity contribution in [3.63, 3.8) is 0 Å². The minimum Gasteiger partial charge on any atom is -0.348 e. The Balaban J connectivity index is 1.29. The lowest BCUT2D eigenvalue weighted by Gasteiger charge is -2.11. The Bertz CT molecular complexity index is 1760. The highest BCUT2D eigenvalue weighted by molar-refractivity contribution is 5.87. The second kappa shape index (κ2) is 9.54. The van der Waals surface area contributed by atoms with Gasteiger partial charge in [-0.05, 0) is 50.1 Å². The fourth-order valence-corrected chi connectivity index (χ4v) is 5.35. The van der Waals surface area contributed by atoms with E-state index in [1.165, 1.54) is 10.2 Å². The lowest BCUT2D eigenvalue weighted by molar-refractivity contribution is 0.597. The number of hydrogen-bond acceptors (Lipinski definition) is 3. The van der Waals surface area contributed by atoms with Gasteiger partial charge in [0, 0.05) is 36.3 Å². The predicted octanol–water partition coefficient (Wildman–Crippen LogP) is 5.83. The zero-order chi connectivity index (χ0) is 25.4. The summed E-state index contributed by atoms with van der Waals surface area (Å²) in [4.78, 5) is 18.4. The molecule has 3 aromatic heterocycles. The van der Waals surface area contributed by atoms with Gasteiger partial charge >= 0.3 is 0 Å². The van der Waals surface area contributed by atoms with Crippen molar-refractivity contribution >= 4 is 21.8 Å². The first-order valence-electron chi connectivity index (χ1n) is 12.7. The molecule has 6 nitrogen and oxygen atoms in total. The van der Waals surface area contributed by atoms with Crippen LogP contribution in [-0.4, -0.2) is 23.9 Å². The molecule has 0 aliphatic rings. The second-order valence-corrected chi connectivity index (χ2v) is 9.50. The number of imidazole rings is 1. The maximum Gasteiger partial charge on any atom is 0.281 e. The Hall–Kier alpha value is -4.45. The molecule has 0 amide bonds. The molecule has 6 aromatic rings. The molecule has 6 heteroatoms. The Morgan fingerprint density at radius 2 is 1.49 bits per heavy atom. The smallest absolute Gasteiger partial charge is 0.281 e. The molecule has 0 bridgehead atoms. The van der Waals surface area contributed by atoms with Crippen LogP contribution in [0.5, 0.6) is 0 Å². The van der Waals surface area contributed by atoms with Crippen molar-refractivity contribution in [3.8, 4) is 5.69 Å². The third-order valence-electron chi connectivity index (χ3n) is 7.24. The molecular formula is C31H29N5O. The van der Waals surface area contributed by atoms with E-state index in [2.05, 4.69) is 63.6 Å². The summed E-state index contributed by atoms with van der Waals surface area (Å²) in [5.74, 6) is 1.09. The molecule has 3 heterocycles. The summed E-state index contributed by atoms with van der Waals surface area (Å²) >= 11 is 0. The molecule has 0 aliphatic carbocycles. The predicted molar refractivity (Wildman–Crippen MR) is 148 cm³/mol. The van der Waals surface area contributed by atoms with Crippen LogP contribution in [0.15, 0.2) is 95.9 Å². The lowest BCUT2D eigenvalue weighted by atomic mass is 10.2. The maximum atomic E-state index is 13.4. The topological polar surface area (TPSA) is 57.6 Å². The third kappa shape index (κ3) is 4.14. The van der Waals surface area contributed by atoms with Crippen LogP contribution in [0, 0.1) is 13.8 Å². The fourth-order valence-electron chi connectivity index (χ4n) is 5.35. The summed E-state index contributed by atoms with van der Waals surface area (Å²) in [7, 11) is 0. The molecule has 0 saturated carbocycles. The van der Waals surface area contributed by atoms with Gasteiger partial charge in [0.1, 0.15) is 5.82 Å². The van der Waals surface area contributed by atoms with Crippen LogP contribution in [0.3, 0.4) is 0 Å². The standard InChI is InChI=1S/C31H29N5O/c1-22-26-20-32-36(25-14-7-4-8-15-25)31(37)30(26)23(2)34(22)19-11-18-29-33-27-16-9-10-17-28(27)35(29)21-24-12-5-3-6-13-24/h3-10,12-17,20H,11,18-19,21H2,1-2H3. The molecule has 0 saturated heterocycles. The van der Waals surface area contributed by atoms with Crippen LogP contribution < -0.4 is 5.56 Å². The largest absolute Gasteiger partial charge is 0.348 e. The summed E-state index contributed by atoms with van der Waals surface area (Å²) in [6.07, 6.45) is 3.59. The monoisotopic (exact) mass is 487 g/mol. The van der Waals surface area contributed by atoms with Crippen molar-refractivity contribution in [2.75, 3.05) is 0 Å². The van der Waals surface area contributed by atoms with Gasteiger partial charge in [-0.15, -0.1) is 0 Å². The van der Waals surface area contributed by atoms with Gasteiger partial charge in [-0.25, -0.2) is 4.98 Å². The van der Waals surface area contributed by atoms with Gasteiger partial charge in [0.2, 0.25) is 0 Å². The van der Waals surface area contributed by atoms with Crippen molar-refractivity contribution in [2.24, 2.45) is 0 Å². The van der Waals surface area contributed by atoms with Crippen molar-refractivity contribution in [2.45, 2.75) is 39.8 Å². The van der Waals surface area contributed by atoms with Crippen molar-refractivity contribution in [3.05, 3.63) is 124 Å². The van der Waals surface area contributed by atoms with Crippen LogP contribution >= 0.6 is 0 Å². The normalized spacial score (nSPS) is 11.5. The molecular weight excluding hydrogens is 458 g/mol. The number of benzene rings is 3. The van der Waals surface area contributed by atoms with Crippen LogP contribution in [-0.2, 0) is 19.5 Å². The molecule has 184 valence electrons. The van der Waals surface area contributed by atoms with Gasteiger partial charge in [0.25, 0.3) is 5.56 Å². The first-order chi connectivity index (χ1) is 18.1. The van der Waals surface area contributed by atoms with E-state index in [9.17, 15) is 4.79 Å². The lowest BCUT2D eigenvalue weighted by Crippen LogP contribution is -2.21. The molecule has 0 aliphatic heterocycles. The van der Waals surface area contributed by atoms with Crippen LogP contribution in [0.4, 0.5) is 0 Å². The van der Waals surface area contributed by atoms with Gasteiger partial charge in [0.15, 0.2) is 0 Å². The van der Waals surface area contributed by atoms with E-state index < -0.39 is 0 Å². The fraction of sp³-hybridized carbons (Fsp3) is 0.194. The summed E-state index contributed by atoms with van der Waals surface area (Å²) in [5.41, 5.74) is 6.21. The van der Waals surface area contributed by atoms with Gasteiger partial charge in [0.05, 0.1) is 28.3 Å². The van der Waals surface area contributed by atoms with E-state index >= 15 is 0 Å². The SMILES string of the molecule is Cc1c2cnn(-c3ccccc3)c(=O)c2c(C)n1CCCc1nc2ccccc2n1Cc1ccccc1. The number of para-hydroxylation sites is 3. The third-order valence-corrected chi connectivity index (χ3v) is 7.24. The molecule has 3 aromatic carbocycles. The number of rotatable bonds is 7. The number of nitrogens with zero attached hydrogens (tertiary/aromatic N) is 5. The molecule has 37 heavy (non-hydrogen) atoms. The van der Waals surface area contributed by atoms with E-state index in [4.69, 9.17) is 4.98 Å². The highest BCUT2D eigenvalue weighted by Crippen LogP contribution is 2.24. The summed E-state index contributed by atoms with van der Waals surface area (Å²) in [6.45, 7) is 5.73. The summed E-state index contributed by atoms with van der Waals surface area (Å²) < 4.78 is 6.08. The van der Waals surface area contributed by atoms with Crippen LogP contribution in [0.1, 0.15) is 29.2 Å². The molecule has 0 spiro atoms. The minimum atomic E-state index is -0.0762. The van der Waals surface area contributed by atoms with E-state index in [-0.39, 0.29) is 5.56 Å². The van der Waals surface area contributed by atoms with Crippen molar-refractivity contribution < 1.29 is 0 Å². The minimum absolute atomic E-state index is 0.0762. The average molecular weight is 488 g/mol. The molecule has 0 atom stereocenters. The van der Waals surface area contributed by atoms with Crippen LogP contribution in [0.25, 0.3) is 27.5 Å². The maximum absolute atomic E-state index is 13.4. The molecule has 0 fully saturated rings. The summed E-state index contributed by atoms with van der Waals surface area (Å²) in [5, 5.41) is 6.14. The second-order valence-electron chi connectivity index (χ2n) is 9.50. The molecule has 0 unspecified atom stereocenters. The number of aromatic nitrogens is 5. The molecule has 0 N–H and O–H groups in total. The van der Waals surface area contributed by atoms with Gasteiger partial charge in [-0.3, -0.25) is 4.79 Å². The van der Waals surface area contributed by atoms with Gasteiger partial charge in [-0.1, -0.05) is 60.7 Å². The van der Waals surface area contributed by atoms with E-state index in [1.54, 1.807) is 0 Å². The van der Waals surface area contributed by atoms with Crippen molar-refractivity contribution in [1.82, 2.24) is 23.9 Å². The van der Waals surface area contributed by atoms with E-state index in [0.717, 1.165) is 70.6 Å². The van der Waals surface area contributed by atoms with E-state index in [1.807, 2.05) is 55.6 Å². The molecule has 6 rings (SSSR count). The Morgan fingerprint density at radius 3 is 2.27 bits per heavy atom. The number of aryl methyl sites for hydroxylation is 3. The van der Waals surface area contributed by atoms with Crippen LogP contribution in [0.2, 0.25) is 0 Å². The van der Waals surface area contributed by atoms with Crippen molar-refractivity contribution in [1.29, 1.82) is 0 Å². The Kier molecular flexibility index (Phi) is 5.93. The number of hydrogen-bond donors (Lipinski definition) is 0. The first-order valence-corrected chi connectivity index (χ1v) is 12.7. The zero-order valence-electron chi connectivity index (χ0n) is 21.1. The first kappa shape index (κ1) is 23.0. The highest BCUT2D eigenvalue weighted by Gasteiger charge is 2.17. The van der Waals surface area contributed by atoms with E-state index in [0.29, 0.717) is 0 Å². The van der Waals surface area contributed by atoms with Gasteiger partial charge in [-0.2, -0.15) is 9.78 Å². The quantitative estimate of drug-likeness (QED) is 0.284. The molecule has 0 radical (unpaired) electrons. The zero-order valence-corrected chi connectivity index (χ0v) is 21.1. The number of fused-ring (bicyclic) bond motifs is 2. The van der Waals surface area contributed by atoms with Gasteiger partial charge < -0.3 is 9.13 Å². The Labute approximate surface area is 215 Å².